The van der Waals surface area contributed by atoms with E-state index in [1.54, 1.807) is 0 Å². The summed E-state index contributed by atoms with van der Waals surface area (Å²) in [5.41, 5.74) is 0.353. The molecule has 0 aromatic heterocycles. The summed E-state index contributed by atoms with van der Waals surface area (Å²) in [6, 6.07) is 0.969. The number of guanidine groups is 1. The topological polar surface area (TPSA) is 36.4 Å². The Morgan fingerprint density at radius 2 is 1.60 bits per heavy atom. The lowest BCUT2D eigenvalue weighted by Crippen LogP contribution is -2.29. The summed E-state index contributed by atoms with van der Waals surface area (Å²) < 4.78 is 0. The van der Waals surface area contributed by atoms with E-state index < -0.39 is 0 Å². The molecule has 1 aliphatic heterocycles. The van der Waals surface area contributed by atoms with Crippen molar-refractivity contribution in [3.05, 3.63) is 0 Å². The molecule has 0 amide bonds. The van der Waals surface area contributed by atoms with Gasteiger partial charge in [0.05, 0.1) is 0 Å². The second kappa shape index (κ2) is 4.86. The zero-order valence-electron chi connectivity index (χ0n) is 10.7. The minimum atomic E-state index is 0.353. The summed E-state index contributed by atoms with van der Waals surface area (Å²) in [6.07, 6.45) is 2.37. The predicted octanol–water partition coefficient (Wildman–Crippen LogP) is 2.14. The van der Waals surface area contributed by atoms with Gasteiger partial charge in [-0.2, -0.15) is 0 Å². The molecule has 1 heterocycles. The molecule has 2 atom stereocenters. The van der Waals surface area contributed by atoms with Crippen LogP contribution in [0.2, 0.25) is 0 Å². The van der Waals surface area contributed by atoms with Gasteiger partial charge in [0.2, 0.25) is 0 Å². The predicted molar refractivity (Wildman–Crippen MR) is 66.2 cm³/mol. The van der Waals surface area contributed by atoms with E-state index in [1.807, 2.05) is 0 Å². The lowest BCUT2D eigenvalue weighted by atomic mass is 9.85. The Labute approximate surface area is 93.7 Å². The molecule has 3 heteroatoms. The van der Waals surface area contributed by atoms with Gasteiger partial charge in [-0.1, -0.05) is 20.8 Å². The highest BCUT2D eigenvalue weighted by Crippen LogP contribution is 2.25. The van der Waals surface area contributed by atoms with Crippen LogP contribution >= 0.6 is 0 Å². The zero-order valence-corrected chi connectivity index (χ0v) is 10.7. The van der Waals surface area contributed by atoms with Gasteiger partial charge >= 0.3 is 0 Å². The molecule has 0 aromatic rings. The van der Waals surface area contributed by atoms with E-state index in [1.165, 1.54) is 12.8 Å². The Balaban J connectivity index is 2.51. The summed E-state index contributed by atoms with van der Waals surface area (Å²) in [5.74, 6) is 0.975. The van der Waals surface area contributed by atoms with E-state index in [0.717, 1.165) is 12.5 Å². The zero-order chi connectivity index (χ0) is 11.5. The molecule has 0 spiro atoms. The van der Waals surface area contributed by atoms with Crippen molar-refractivity contribution in [1.82, 2.24) is 10.6 Å². The lowest BCUT2D eigenvalue weighted by molar-refractivity contribution is 0.311. The molecule has 0 saturated carbocycles. The number of nitrogens with zero attached hydrogens (tertiary/aromatic N) is 1. The average Bonchev–Trinajstić information content (AvgIpc) is 2.55. The molecule has 0 radical (unpaired) electrons. The molecule has 3 nitrogen and oxygen atoms in total. The van der Waals surface area contributed by atoms with E-state index in [9.17, 15) is 0 Å². The molecule has 2 unspecified atom stereocenters. The lowest BCUT2D eigenvalue weighted by Gasteiger charge is -2.24. The number of hydrogen-bond donors (Lipinski definition) is 2. The molecule has 1 rings (SSSR count). The second-order valence-electron chi connectivity index (χ2n) is 5.05. The third-order valence-electron chi connectivity index (χ3n) is 3.80. The first-order valence-corrected chi connectivity index (χ1v) is 6.08. The highest BCUT2D eigenvalue weighted by molar-refractivity contribution is 5.82. The molecule has 0 bridgehead atoms. The van der Waals surface area contributed by atoms with E-state index in [0.29, 0.717) is 17.5 Å². The summed E-state index contributed by atoms with van der Waals surface area (Å²) in [6.45, 7) is 12.1. The van der Waals surface area contributed by atoms with Crippen LogP contribution in [-0.2, 0) is 0 Å². The largest absolute Gasteiger partial charge is 0.352 e. The van der Waals surface area contributed by atoms with Crippen LogP contribution in [0.5, 0.6) is 0 Å². The Morgan fingerprint density at radius 1 is 1.13 bits per heavy atom. The quantitative estimate of drug-likeness (QED) is 0.747. The van der Waals surface area contributed by atoms with Gasteiger partial charge in [-0.05, 0) is 32.1 Å². The van der Waals surface area contributed by atoms with Crippen molar-refractivity contribution in [3.63, 3.8) is 0 Å². The third kappa shape index (κ3) is 3.11. The van der Waals surface area contributed by atoms with Crippen LogP contribution in [0, 0.1) is 5.41 Å². The Bertz CT molecular complexity index is 219. The smallest absolute Gasteiger partial charge is 0.191 e. The minimum Gasteiger partial charge on any atom is -0.352 e. The average molecular weight is 211 g/mol. The fourth-order valence-corrected chi connectivity index (χ4v) is 1.56. The van der Waals surface area contributed by atoms with E-state index in [-0.39, 0.29) is 0 Å². The second-order valence-corrected chi connectivity index (χ2v) is 5.05. The number of hydrogen-bond acceptors (Lipinski definition) is 1. The van der Waals surface area contributed by atoms with Crippen molar-refractivity contribution in [3.8, 4) is 0 Å². The molecular formula is C12H25N3. The van der Waals surface area contributed by atoms with Gasteiger partial charge in [0.25, 0.3) is 0 Å². The fraction of sp³-hybridized carbons (Fsp3) is 0.917. The van der Waals surface area contributed by atoms with Crippen LogP contribution in [0.15, 0.2) is 4.99 Å². The molecule has 2 N–H and O–H groups in total. The van der Waals surface area contributed by atoms with Crippen molar-refractivity contribution >= 4 is 5.96 Å². The first-order chi connectivity index (χ1) is 7.00. The van der Waals surface area contributed by atoms with Gasteiger partial charge in [0.15, 0.2) is 5.96 Å². The van der Waals surface area contributed by atoms with Crippen molar-refractivity contribution in [2.24, 2.45) is 10.4 Å². The van der Waals surface area contributed by atoms with Gasteiger partial charge < -0.3 is 10.6 Å². The first kappa shape index (κ1) is 12.3. The monoisotopic (exact) mass is 211 g/mol. The van der Waals surface area contributed by atoms with Gasteiger partial charge in [-0.3, -0.25) is 4.99 Å². The molecule has 1 fully saturated rings. The van der Waals surface area contributed by atoms with Crippen molar-refractivity contribution in [1.29, 1.82) is 0 Å². The molecule has 1 saturated heterocycles. The molecule has 88 valence electrons. The number of nitrogens with one attached hydrogen (secondary N) is 2. The van der Waals surface area contributed by atoms with Crippen molar-refractivity contribution in [2.45, 2.75) is 59.5 Å². The highest BCUT2D eigenvalue weighted by atomic mass is 15.3. The maximum absolute atomic E-state index is 4.63. The minimum absolute atomic E-state index is 0.353. The first-order valence-electron chi connectivity index (χ1n) is 6.08. The van der Waals surface area contributed by atoms with Gasteiger partial charge in [0, 0.05) is 18.6 Å². The Hall–Kier alpha value is -0.730. The van der Waals surface area contributed by atoms with Crippen molar-refractivity contribution < 1.29 is 0 Å². The Morgan fingerprint density at radius 3 is 2.00 bits per heavy atom. The van der Waals surface area contributed by atoms with Crippen LogP contribution in [-0.4, -0.2) is 24.6 Å². The normalized spacial score (nSPS) is 26.1. The van der Waals surface area contributed by atoms with Gasteiger partial charge in [-0.25, -0.2) is 0 Å². The molecule has 15 heavy (non-hydrogen) atoms. The SMILES string of the molecule is CCC(C)(CC)CN=C1NC(C)C(C)N1. The van der Waals surface area contributed by atoms with E-state index in [2.05, 4.69) is 50.2 Å². The maximum atomic E-state index is 4.63. The van der Waals surface area contributed by atoms with E-state index in [4.69, 9.17) is 0 Å². The summed E-state index contributed by atoms with van der Waals surface area (Å²) >= 11 is 0. The van der Waals surface area contributed by atoms with Crippen LogP contribution in [0.1, 0.15) is 47.5 Å². The highest BCUT2D eigenvalue weighted by Gasteiger charge is 2.24. The van der Waals surface area contributed by atoms with Gasteiger partial charge in [0.1, 0.15) is 0 Å². The molecule has 0 aliphatic carbocycles. The standard InChI is InChI=1S/C12H25N3/c1-6-12(5,7-2)8-13-11-14-9(3)10(4)15-11/h9-10H,6-8H2,1-5H3,(H2,13,14,15). The van der Waals surface area contributed by atoms with Crippen LogP contribution in [0.4, 0.5) is 0 Å². The fourth-order valence-electron chi connectivity index (χ4n) is 1.56. The summed E-state index contributed by atoms with van der Waals surface area (Å²) in [7, 11) is 0. The third-order valence-corrected chi connectivity index (χ3v) is 3.80. The van der Waals surface area contributed by atoms with Crippen LogP contribution in [0.25, 0.3) is 0 Å². The van der Waals surface area contributed by atoms with E-state index >= 15 is 0 Å². The summed E-state index contributed by atoms with van der Waals surface area (Å²) in [4.78, 5) is 4.63. The Kier molecular flexibility index (Phi) is 4.00. The molecular weight excluding hydrogens is 186 g/mol. The van der Waals surface area contributed by atoms with Crippen molar-refractivity contribution in [2.75, 3.05) is 6.54 Å². The van der Waals surface area contributed by atoms with Gasteiger partial charge in [-0.15, -0.1) is 0 Å². The van der Waals surface area contributed by atoms with Crippen LogP contribution < -0.4 is 10.6 Å². The van der Waals surface area contributed by atoms with Crippen LogP contribution in [0.3, 0.4) is 0 Å². The molecule has 1 aliphatic rings. The number of aliphatic imine (C=N–C) groups is 1. The summed E-state index contributed by atoms with van der Waals surface area (Å²) in [5, 5.41) is 6.73. The maximum Gasteiger partial charge on any atom is 0.191 e. The molecule has 0 aromatic carbocycles. The number of rotatable bonds is 4.